The quantitative estimate of drug-likeness (QED) is 0.362. The fourth-order valence-electron chi connectivity index (χ4n) is 1.42. The fraction of sp³-hybridized carbons (Fsp3) is 0.0769. The lowest BCUT2D eigenvalue weighted by Gasteiger charge is -2.01. The highest BCUT2D eigenvalue weighted by Gasteiger charge is 2.05. The van der Waals surface area contributed by atoms with E-state index in [9.17, 15) is 14.9 Å². The molecular weight excluding hydrogens is 264 g/mol. The van der Waals surface area contributed by atoms with Crippen LogP contribution in [0, 0.1) is 10.1 Å². The number of carbonyl (C=O) groups is 1. The standard InChI is InChI=1S/C13H10N2O3S/c16-8-10-1-3-11(4-2-10)9-19-13-6-5-12(7-14-13)15(17)18/h1-8H,9H2. The Morgan fingerprint density at radius 1 is 1.21 bits per heavy atom. The molecule has 0 aliphatic heterocycles. The molecule has 5 nitrogen and oxygen atoms in total. The Hall–Kier alpha value is -2.21. The maximum absolute atomic E-state index is 10.5. The van der Waals surface area contributed by atoms with Crippen LogP contribution in [-0.2, 0) is 5.75 Å². The summed E-state index contributed by atoms with van der Waals surface area (Å²) in [5, 5.41) is 11.2. The Kier molecular flexibility index (Phi) is 4.25. The molecule has 19 heavy (non-hydrogen) atoms. The lowest BCUT2D eigenvalue weighted by molar-refractivity contribution is -0.385. The summed E-state index contributed by atoms with van der Waals surface area (Å²) in [6, 6.07) is 10.3. The third-order valence-corrected chi connectivity index (χ3v) is 3.45. The molecule has 0 aliphatic carbocycles. The minimum Gasteiger partial charge on any atom is -0.298 e. The van der Waals surface area contributed by atoms with Crippen molar-refractivity contribution in [2.75, 3.05) is 0 Å². The van der Waals surface area contributed by atoms with Gasteiger partial charge in [-0.1, -0.05) is 24.3 Å². The van der Waals surface area contributed by atoms with Gasteiger partial charge >= 0.3 is 0 Å². The van der Waals surface area contributed by atoms with Crippen molar-refractivity contribution < 1.29 is 9.72 Å². The van der Waals surface area contributed by atoms with Crippen molar-refractivity contribution in [3.63, 3.8) is 0 Å². The first-order valence-corrected chi connectivity index (χ1v) is 6.45. The molecule has 0 amide bonds. The highest BCUT2D eigenvalue weighted by molar-refractivity contribution is 7.98. The van der Waals surface area contributed by atoms with Crippen LogP contribution >= 0.6 is 11.8 Å². The molecule has 0 spiro atoms. The van der Waals surface area contributed by atoms with Crippen molar-refractivity contribution in [2.24, 2.45) is 0 Å². The van der Waals surface area contributed by atoms with E-state index in [1.165, 1.54) is 24.0 Å². The second-order valence-electron chi connectivity index (χ2n) is 3.76. The summed E-state index contributed by atoms with van der Waals surface area (Å²) < 4.78 is 0. The summed E-state index contributed by atoms with van der Waals surface area (Å²) in [7, 11) is 0. The normalized spacial score (nSPS) is 10.1. The topological polar surface area (TPSA) is 73.1 Å². The molecule has 0 atom stereocenters. The van der Waals surface area contributed by atoms with Crippen molar-refractivity contribution in [1.82, 2.24) is 4.98 Å². The number of carbonyl (C=O) groups excluding carboxylic acids is 1. The molecule has 0 fully saturated rings. The zero-order valence-corrected chi connectivity index (χ0v) is 10.7. The van der Waals surface area contributed by atoms with Gasteiger partial charge in [-0.3, -0.25) is 14.9 Å². The van der Waals surface area contributed by atoms with Crippen molar-refractivity contribution >= 4 is 23.7 Å². The van der Waals surface area contributed by atoms with Crippen molar-refractivity contribution in [3.8, 4) is 0 Å². The molecule has 0 aliphatic rings. The van der Waals surface area contributed by atoms with Gasteiger partial charge in [-0.2, -0.15) is 0 Å². The summed E-state index contributed by atoms with van der Waals surface area (Å²) in [5.74, 6) is 0.698. The van der Waals surface area contributed by atoms with Gasteiger partial charge in [0.15, 0.2) is 0 Å². The monoisotopic (exact) mass is 274 g/mol. The van der Waals surface area contributed by atoms with E-state index in [0.29, 0.717) is 11.3 Å². The zero-order valence-electron chi connectivity index (χ0n) is 9.85. The van der Waals surface area contributed by atoms with Gasteiger partial charge in [-0.15, -0.1) is 11.8 Å². The van der Waals surface area contributed by atoms with E-state index < -0.39 is 4.92 Å². The molecule has 96 valence electrons. The van der Waals surface area contributed by atoms with Gasteiger partial charge in [0, 0.05) is 17.4 Å². The molecule has 1 heterocycles. The molecule has 0 saturated heterocycles. The summed E-state index contributed by atoms with van der Waals surface area (Å²) in [4.78, 5) is 24.5. The van der Waals surface area contributed by atoms with Crippen molar-refractivity contribution in [3.05, 3.63) is 63.8 Å². The number of aromatic nitrogens is 1. The van der Waals surface area contributed by atoms with E-state index in [1.807, 2.05) is 12.1 Å². The molecule has 1 aromatic heterocycles. The minimum absolute atomic E-state index is 0.0142. The zero-order chi connectivity index (χ0) is 13.7. The lowest BCUT2D eigenvalue weighted by Crippen LogP contribution is -1.89. The van der Waals surface area contributed by atoms with Crippen LogP contribution in [0.5, 0.6) is 0 Å². The Labute approximate surface area is 113 Å². The summed E-state index contributed by atoms with van der Waals surface area (Å²) >= 11 is 1.49. The maximum Gasteiger partial charge on any atom is 0.287 e. The Morgan fingerprint density at radius 2 is 1.95 bits per heavy atom. The van der Waals surface area contributed by atoms with Gasteiger partial charge in [-0.05, 0) is 11.6 Å². The second-order valence-corrected chi connectivity index (χ2v) is 4.76. The van der Waals surface area contributed by atoms with Crippen LogP contribution in [0.4, 0.5) is 5.69 Å². The summed E-state index contributed by atoms with van der Waals surface area (Å²) in [6.07, 6.45) is 2.05. The Bertz CT molecular complexity index is 582. The minimum atomic E-state index is -0.473. The van der Waals surface area contributed by atoms with E-state index in [1.54, 1.807) is 18.2 Å². The first-order chi connectivity index (χ1) is 9.19. The van der Waals surface area contributed by atoms with Crippen LogP contribution in [-0.4, -0.2) is 16.2 Å². The van der Waals surface area contributed by atoms with Gasteiger partial charge in [0.05, 0.1) is 9.95 Å². The largest absolute Gasteiger partial charge is 0.298 e. The predicted molar refractivity (Wildman–Crippen MR) is 72.3 cm³/mol. The second kappa shape index (κ2) is 6.10. The summed E-state index contributed by atoms with van der Waals surface area (Å²) in [6.45, 7) is 0. The molecular formula is C13H10N2O3S. The highest BCUT2D eigenvalue weighted by atomic mass is 32.2. The van der Waals surface area contributed by atoms with Crippen LogP contribution in [0.2, 0.25) is 0 Å². The SMILES string of the molecule is O=Cc1ccc(CSc2ccc([N+](=O)[O-])cn2)cc1. The number of benzene rings is 1. The predicted octanol–water partition coefficient (Wildman–Crippen LogP) is 3.09. The van der Waals surface area contributed by atoms with Crippen LogP contribution in [0.3, 0.4) is 0 Å². The van der Waals surface area contributed by atoms with E-state index in [4.69, 9.17) is 0 Å². The molecule has 0 bridgehead atoms. The summed E-state index contributed by atoms with van der Waals surface area (Å²) in [5.41, 5.74) is 1.69. The van der Waals surface area contributed by atoms with E-state index in [-0.39, 0.29) is 5.69 Å². The molecule has 0 N–H and O–H groups in total. The average molecular weight is 274 g/mol. The van der Waals surface area contributed by atoms with Crippen LogP contribution in [0.25, 0.3) is 0 Å². The number of pyridine rings is 1. The van der Waals surface area contributed by atoms with Crippen LogP contribution in [0.15, 0.2) is 47.6 Å². The molecule has 0 saturated carbocycles. The Balaban J connectivity index is 1.97. The third-order valence-electron chi connectivity index (χ3n) is 2.43. The molecule has 0 radical (unpaired) electrons. The van der Waals surface area contributed by atoms with Gasteiger partial charge < -0.3 is 0 Å². The number of rotatable bonds is 5. The third kappa shape index (κ3) is 3.62. The van der Waals surface area contributed by atoms with Crippen molar-refractivity contribution in [2.45, 2.75) is 10.8 Å². The van der Waals surface area contributed by atoms with Crippen LogP contribution < -0.4 is 0 Å². The van der Waals surface area contributed by atoms with Gasteiger partial charge in [-0.25, -0.2) is 4.98 Å². The van der Waals surface area contributed by atoms with Gasteiger partial charge in [0.25, 0.3) is 5.69 Å². The molecule has 2 rings (SSSR count). The average Bonchev–Trinajstić information content (AvgIpc) is 2.46. The first-order valence-electron chi connectivity index (χ1n) is 5.46. The lowest BCUT2D eigenvalue weighted by atomic mass is 10.2. The molecule has 1 aromatic carbocycles. The van der Waals surface area contributed by atoms with Gasteiger partial charge in [0.2, 0.25) is 0 Å². The fourth-order valence-corrected chi connectivity index (χ4v) is 2.21. The van der Waals surface area contributed by atoms with Gasteiger partial charge in [0.1, 0.15) is 12.5 Å². The number of hydrogen-bond acceptors (Lipinski definition) is 5. The van der Waals surface area contributed by atoms with E-state index >= 15 is 0 Å². The number of hydrogen-bond donors (Lipinski definition) is 0. The molecule has 2 aromatic rings. The Morgan fingerprint density at radius 3 is 2.47 bits per heavy atom. The first kappa shape index (κ1) is 13.2. The number of nitrogens with zero attached hydrogens (tertiary/aromatic N) is 2. The highest BCUT2D eigenvalue weighted by Crippen LogP contribution is 2.22. The van der Waals surface area contributed by atoms with E-state index in [0.717, 1.165) is 16.9 Å². The number of nitro groups is 1. The maximum atomic E-state index is 10.5. The smallest absolute Gasteiger partial charge is 0.287 e. The van der Waals surface area contributed by atoms with Crippen molar-refractivity contribution in [1.29, 1.82) is 0 Å². The molecule has 6 heteroatoms. The number of aldehydes is 1. The number of thioether (sulfide) groups is 1. The van der Waals surface area contributed by atoms with Crippen LogP contribution in [0.1, 0.15) is 15.9 Å². The molecule has 0 unspecified atom stereocenters. The van der Waals surface area contributed by atoms with E-state index in [2.05, 4.69) is 4.98 Å².